The molecule has 0 saturated carbocycles. The van der Waals surface area contributed by atoms with Crippen LogP contribution in [0, 0.1) is 5.41 Å². The van der Waals surface area contributed by atoms with Gasteiger partial charge in [-0.25, -0.2) is 4.98 Å². The smallest absolute Gasteiger partial charge is 0.224 e. The van der Waals surface area contributed by atoms with E-state index in [2.05, 4.69) is 29.4 Å². The number of nitrogens with zero attached hydrogens (tertiary/aromatic N) is 3. The molecule has 2 aliphatic rings. The number of aliphatic hydroxyl groups excluding tert-OH is 1. The Morgan fingerprint density at radius 2 is 2.12 bits per heavy atom. The normalized spacial score (nSPS) is 27.6. The van der Waals surface area contributed by atoms with E-state index in [1.807, 2.05) is 18.2 Å². The first-order valence-electron chi connectivity index (χ1n) is 9.99. The van der Waals surface area contributed by atoms with Crippen molar-refractivity contribution in [2.24, 2.45) is 5.41 Å². The first kappa shape index (κ1) is 17.5. The first-order valence-corrected chi connectivity index (χ1v) is 9.99. The van der Waals surface area contributed by atoms with Gasteiger partial charge in [0.25, 0.3) is 0 Å². The summed E-state index contributed by atoms with van der Waals surface area (Å²) in [4.78, 5) is 19.9. The van der Waals surface area contributed by atoms with E-state index < -0.39 is 0 Å². The molecule has 2 saturated heterocycles. The maximum atomic E-state index is 13.1. The van der Waals surface area contributed by atoms with E-state index in [0.29, 0.717) is 19.0 Å². The number of rotatable bonds is 6. The monoisotopic (exact) mass is 355 g/mol. The molecule has 5 heteroatoms. The SMILES string of the molecule is CCc1nc2ccccc2n1CCC(=O)N1[C@H]2CC[C@@H]1[C@](CC)(CO)C2. The van der Waals surface area contributed by atoms with Crippen molar-refractivity contribution < 1.29 is 9.90 Å². The molecule has 1 N–H and O–H groups in total. The lowest BCUT2D eigenvalue weighted by Crippen LogP contribution is -2.42. The highest BCUT2D eigenvalue weighted by atomic mass is 16.3. The Balaban J connectivity index is 1.52. The van der Waals surface area contributed by atoms with Gasteiger partial charge in [0, 0.05) is 36.9 Å². The number of carbonyl (C=O) groups excluding carboxylic acids is 1. The van der Waals surface area contributed by atoms with Crippen molar-refractivity contribution in [3.63, 3.8) is 0 Å². The number of amides is 1. The van der Waals surface area contributed by atoms with Crippen LogP contribution in [0.25, 0.3) is 11.0 Å². The Kier molecular flexibility index (Phi) is 4.51. The van der Waals surface area contributed by atoms with Gasteiger partial charge in [0.1, 0.15) is 5.82 Å². The summed E-state index contributed by atoms with van der Waals surface area (Å²) in [5.74, 6) is 1.28. The summed E-state index contributed by atoms with van der Waals surface area (Å²) >= 11 is 0. The van der Waals surface area contributed by atoms with Crippen LogP contribution in [-0.4, -0.2) is 44.2 Å². The highest BCUT2D eigenvalue weighted by Gasteiger charge is 2.55. The Bertz CT molecular complexity index is 809. The van der Waals surface area contributed by atoms with Gasteiger partial charge in [-0.2, -0.15) is 0 Å². The van der Waals surface area contributed by atoms with Crippen molar-refractivity contribution in [2.75, 3.05) is 6.61 Å². The fourth-order valence-corrected chi connectivity index (χ4v) is 5.31. The van der Waals surface area contributed by atoms with Gasteiger partial charge in [-0.05, 0) is 37.8 Å². The molecule has 2 bridgehead atoms. The second-order valence-corrected chi connectivity index (χ2v) is 7.90. The number of imidazole rings is 1. The predicted molar refractivity (Wildman–Crippen MR) is 102 cm³/mol. The summed E-state index contributed by atoms with van der Waals surface area (Å²) in [5.41, 5.74) is 2.04. The fourth-order valence-electron chi connectivity index (χ4n) is 5.31. The highest BCUT2D eigenvalue weighted by molar-refractivity contribution is 5.79. The number of aryl methyl sites for hydroxylation is 2. The Hall–Kier alpha value is -1.88. The van der Waals surface area contributed by atoms with Crippen LogP contribution in [0.1, 0.15) is 51.8 Å². The molecule has 5 nitrogen and oxygen atoms in total. The van der Waals surface area contributed by atoms with Gasteiger partial charge in [0.05, 0.1) is 17.6 Å². The lowest BCUT2D eigenvalue weighted by molar-refractivity contribution is -0.133. The third-order valence-electron chi connectivity index (χ3n) is 6.76. The molecule has 0 radical (unpaired) electrons. The largest absolute Gasteiger partial charge is 0.396 e. The van der Waals surface area contributed by atoms with Crippen molar-refractivity contribution in [3.8, 4) is 0 Å². The van der Waals surface area contributed by atoms with Gasteiger partial charge in [-0.15, -0.1) is 0 Å². The van der Waals surface area contributed by atoms with Gasteiger partial charge in [-0.3, -0.25) is 4.79 Å². The minimum atomic E-state index is -0.0745. The Labute approximate surface area is 155 Å². The second-order valence-electron chi connectivity index (χ2n) is 7.90. The zero-order valence-corrected chi connectivity index (χ0v) is 15.8. The summed E-state index contributed by atoms with van der Waals surface area (Å²) in [6.07, 6.45) is 5.41. The minimum Gasteiger partial charge on any atom is -0.396 e. The zero-order valence-electron chi connectivity index (χ0n) is 15.8. The molecular weight excluding hydrogens is 326 g/mol. The van der Waals surface area contributed by atoms with Crippen molar-refractivity contribution in [2.45, 2.75) is 71.0 Å². The van der Waals surface area contributed by atoms with Gasteiger partial charge < -0.3 is 14.6 Å². The third-order valence-corrected chi connectivity index (χ3v) is 6.76. The second kappa shape index (κ2) is 6.69. The maximum absolute atomic E-state index is 13.1. The summed E-state index contributed by atoms with van der Waals surface area (Å²) in [6, 6.07) is 8.69. The van der Waals surface area contributed by atoms with Crippen LogP contribution in [-0.2, 0) is 17.8 Å². The van der Waals surface area contributed by atoms with Crippen molar-refractivity contribution in [1.29, 1.82) is 0 Å². The third kappa shape index (κ3) is 2.56. The van der Waals surface area contributed by atoms with E-state index in [1.165, 1.54) is 0 Å². The summed E-state index contributed by atoms with van der Waals surface area (Å²) in [6.45, 7) is 5.12. The van der Waals surface area contributed by atoms with E-state index in [9.17, 15) is 9.90 Å². The molecule has 0 aliphatic carbocycles. The number of aliphatic hydroxyl groups is 1. The van der Waals surface area contributed by atoms with Gasteiger partial charge in [-0.1, -0.05) is 26.0 Å². The number of para-hydroxylation sites is 2. The molecular formula is C21H29N3O2. The average molecular weight is 355 g/mol. The van der Waals surface area contributed by atoms with Gasteiger partial charge >= 0.3 is 0 Å². The fraction of sp³-hybridized carbons (Fsp3) is 0.619. The molecule has 1 aromatic carbocycles. The lowest BCUT2D eigenvalue weighted by Gasteiger charge is -2.34. The molecule has 2 aliphatic heterocycles. The van der Waals surface area contributed by atoms with Crippen molar-refractivity contribution in [1.82, 2.24) is 14.5 Å². The average Bonchev–Trinajstić information content (AvgIpc) is 3.35. The van der Waals surface area contributed by atoms with Gasteiger partial charge in [0.2, 0.25) is 5.91 Å². The van der Waals surface area contributed by atoms with Crippen LogP contribution in [0.15, 0.2) is 24.3 Å². The van der Waals surface area contributed by atoms with E-state index >= 15 is 0 Å². The molecule has 3 atom stereocenters. The topological polar surface area (TPSA) is 58.4 Å². The number of aromatic nitrogens is 2. The summed E-state index contributed by atoms with van der Waals surface area (Å²) in [7, 11) is 0. The molecule has 26 heavy (non-hydrogen) atoms. The van der Waals surface area contributed by atoms with Gasteiger partial charge in [0.15, 0.2) is 0 Å². The molecule has 4 rings (SSSR count). The molecule has 1 amide bonds. The summed E-state index contributed by atoms with van der Waals surface area (Å²) in [5, 5.41) is 9.95. The lowest BCUT2D eigenvalue weighted by atomic mass is 9.72. The predicted octanol–water partition coefficient (Wildman–Crippen LogP) is 3.14. The molecule has 2 aromatic rings. The summed E-state index contributed by atoms with van der Waals surface area (Å²) < 4.78 is 2.20. The first-order chi connectivity index (χ1) is 12.6. The van der Waals surface area contributed by atoms with E-state index in [1.54, 1.807) is 0 Å². The van der Waals surface area contributed by atoms with Crippen molar-refractivity contribution >= 4 is 16.9 Å². The van der Waals surface area contributed by atoms with E-state index in [4.69, 9.17) is 4.98 Å². The van der Waals surface area contributed by atoms with E-state index in [0.717, 1.165) is 49.0 Å². The molecule has 1 aromatic heterocycles. The van der Waals surface area contributed by atoms with Crippen LogP contribution in [0.5, 0.6) is 0 Å². The number of hydrogen-bond donors (Lipinski definition) is 1. The number of hydrogen-bond acceptors (Lipinski definition) is 3. The quantitative estimate of drug-likeness (QED) is 0.866. The minimum absolute atomic E-state index is 0.0745. The number of benzene rings is 1. The Morgan fingerprint density at radius 1 is 1.31 bits per heavy atom. The maximum Gasteiger partial charge on any atom is 0.224 e. The molecule has 0 spiro atoms. The Morgan fingerprint density at radius 3 is 2.81 bits per heavy atom. The van der Waals surface area contributed by atoms with Crippen LogP contribution in [0.3, 0.4) is 0 Å². The van der Waals surface area contributed by atoms with Crippen LogP contribution < -0.4 is 0 Å². The molecule has 140 valence electrons. The molecule has 3 heterocycles. The zero-order chi connectivity index (χ0) is 18.3. The molecule has 0 unspecified atom stereocenters. The molecule has 2 fully saturated rings. The van der Waals surface area contributed by atoms with Crippen LogP contribution in [0.2, 0.25) is 0 Å². The van der Waals surface area contributed by atoms with Crippen LogP contribution in [0.4, 0.5) is 0 Å². The number of fused-ring (bicyclic) bond motifs is 3. The van der Waals surface area contributed by atoms with Crippen molar-refractivity contribution in [3.05, 3.63) is 30.1 Å². The number of carbonyl (C=O) groups is 1. The highest BCUT2D eigenvalue weighted by Crippen LogP contribution is 2.51. The standard InChI is InChI=1S/C21H29N3O2/c1-3-19-22-16-7-5-6-8-17(16)23(19)12-11-20(26)24-15-9-10-18(24)21(4-2,13-15)14-25/h5-8,15,18,25H,3-4,9-14H2,1-2H3/t15-,18+,21-/m0/s1. The van der Waals surface area contributed by atoms with Crippen LogP contribution >= 0.6 is 0 Å². The van der Waals surface area contributed by atoms with E-state index in [-0.39, 0.29) is 24.0 Å².